The first kappa shape index (κ1) is 12.0. The molecular weight excluding hydrogens is 172 g/mol. The molecule has 0 heterocycles. The third-order valence-corrected chi connectivity index (χ3v) is 3.20. The van der Waals surface area contributed by atoms with Gasteiger partial charge in [0.15, 0.2) is 0 Å². The second-order valence-corrected chi connectivity index (χ2v) is 5.97. The molecule has 1 saturated carbocycles. The van der Waals surface area contributed by atoms with Crippen molar-refractivity contribution in [1.82, 2.24) is 4.90 Å². The number of rotatable bonds is 5. The number of nitrogens with zero attached hydrogens (tertiary/aromatic N) is 1. The summed E-state index contributed by atoms with van der Waals surface area (Å²) < 4.78 is 0. The van der Waals surface area contributed by atoms with Crippen LogP contribution < -0.4 is 5.73 Å². The third kappa shape index (κ3) is 4.43. The molecule has 1 unspecified atom stereocenters. The lowest BCUT2D eigenvalue weighted by molar-refractivity contribution is 0.250. The summed E-state index contributed by atoms with van der Waals surface area (Å²) in [5.74, 6) is 0.992. The molecule has 0 aromatic heterocycles. The van der Waals surface area contributed by atoms with Crippen molar-refractivity contribution in [3.8, 4) is 0 Å². The van der Waals surface area contributed by atoms with Gasteiger partial charge in [-0.2, -0.15) is 0 Å². The van der Waals surface area contributed by atoms with E-state index < -0.39 is 0 Å². The molecule has 0 saturated heterocycles. The number of hydrogen-bond acceptors (Lipinski definition) is 2. The monoisotopic (exact) mass is 198 g/mol. The Morgan fingerprint density at radius 1 is 1.36 bits per heavy atom. The second kappa shape index (κ2) is 4.63. The van der Waals surface area contributed by atoms with E-state index in [1.807, 2.05) is 0 Å². The molecule has 0 aromatic carbocycles. The van der Waals surface area contributed by atoms with Gasteiger partial charge in [0.05, 0.1) is 0 Å². The van der Waals surface area contributed by atoms with E-state index in [9.17, 15) is 0 Å². The highest BCUT2D eigenvalue weighted by Gasteiger charge is 2.24. The Kier molecular flexibility index (Phi) is 3.96. The highest BCUT2D eigenvalue weighted by Crippen LogP contribution is 2.29. The molecule has 1 aliphatic carbocycles. The lowest BCUT2D eigenvalue weighted by Gasteiger charge is -2.28. The molecule has 1 rings (SSSR count). The highest BCUT2D eigenvalue weighted by atomic mass is 15.1. The molecule has 0 spiro atoms. The van der Waals surface area contributed by atoms with Crippen molar-refractivity contribution >= 4 is 0 Å². The van der Waals surface area contributed by atoms with Crippen molar-refractivity contribution in [2.24, 2.45) is 17.1 Å². The van der Waals surface area contributed by atoms with Gasteiger partial charge >= 0.3 is 0 Å². The molecule has 14 heavy (non-hydrogen) atoms. The first-order valence-corrected chi connectivity index (χ1v) is 5.83. The molecule has 0 bridgehead atoms. The van der Waals surface area contributed by atoms with Crippen molar-refractivity contribution in [2.75, 3.05) is 20.1 Å². The Morgan fingerprint density at radius 3 is 2.36 bits per heavy atom. The Morgan fingerprint density at radius 2 is 1.93 bits per heavy atom. The van der Waals surface area contributed by atoms with E-state index >= 15 is 0 Å². The van der Waals surface area contributed by atoms with Gasteiger partial charge in [0, 0.05) is 12.6 Å². The van der Waals surface area contributed by atoms with Crippen molar-refractivity contribution in [1.29, 1.82) is 0 Å². The zero-order valence-electron chi connectivity index (χ0n) is 10.2. The molecule has 0 aliphatic heterocycles. The van der Waals surface area contributed by atoms with Crippen LogP contribution in [0.15, 0.2) is 0 Å². The summed E-state index contributed by atoms with van der Waals surface area (Å²) in [5.41, 5.74) is 6.37. The van der Waals surface area contributed by atoms with Crippen LogP contribution in [0.3, 0.4) is 0 Å². The second-order valence-electron chi connectivity index (χ2n) is 5.97. The fourth-order valence-electron chi connectivity index (χ4n) is 1.62. The fraction of sp³-hybridized carbons (Fsp3) is 1.00. The van der Waals surface area contributed by atoms with Crippen LogP contribution in [-0.2, 0) is 0 Å². The largest absolute Gasteiger partial charge is 0.327 e. The predicted molar refractivity (Wildman–Crippen MR) is 62.3 cm³/mol. The summed E-state index contributed by atoms with van der Waals surface area (Å²) in [6.45, 7) is 9.08. The lowest BCUT2D eigenvalue weighted by atomic mass is 9.85. The molecule has 1 fully saturated rings. The minimum Gasteiger partial charge on any atom is -0.327 e. The third-order valence-electron chi connectivity index (χ3n) is 3.20. The molecule has 0 aromatic rings. The fourth-order valence-corrected chi connectivity index (χ4v) is 1.62. The van der Waals surface area contributed by atoms with Crippen LogP contribution in [0, 0.1) is 11.3 Å². The van der Waals surface area contributed by atoms with Crippen molar-refractivity contribution in [3.63, 3.8) is 0 Å². The van der Waals surface area contributed by atoms with Crippen LogP contribution in [0.2, 0.25) is 0 Å². The van der Waals surface area contributed by atoms with E-state index in [2.05, 4.69) is 32.7 Å². The topological polar surface area (TPSA) is 29.3 Å². The minimum absolute atomic E-state index is 0.250. The molecule has 1 aliphatic rings. The van der Waals surface area contributed by atoms with Gasteiger partial charge in [-0.05, 0) is 44.2 Å². The summed E-state index contributed by atoms with van der Waals surface area (Å²) >= 11 is 0. The van der Waals surface area contributed by atoms with Crippen molar-refractivity contribution in [3.05, 3.63) is 0 Å². The molecular formula is C12H26N2. The van der Waals surface area contributed by atoms with Crippen LogP contribution in [0.5, 0.6) is 0 Å². The quantitative estimate of drug-likeness (QED) is 0.733. The molecule has 2 nitrogen and oxygen atoms in total. The maximum absolute atomic E-state index is 6.12. The van der Waals surface area contributed by atoms with E-state index in [1.165, 1.54) is 19.4 Å². The average Bonchev–Trinajstić information content (AvgIpc) is 2.82. The van der Waals surface area contributed by atoms with E-state index in [0.29, 0.717) is 6.04 Å². The maximum atomic E-state index is 6.12. The van der Waals surface area contributed by atoms with Crippen LogP contribution in [-0.4, -0.2) is 31.1 Å². The van der Waals surface area contributed by atoms with E-state index in [4.69, 9.17) is 5.73 Å². The first-order valence-electron chi connectivity index (χ1n) is 5.83. The average molecular weight is 198 g/mol. The van der Waals surface area contributed by atoms with Gasteiger partial charge in [-0.25, -0.2) is 0 Å². The first-order chi connectivity index (χ1) is 6.39. The normalized spacial score (nSPS) is 20.1. The molecule has 0 amide bonds. The zero-order valence-corrected chi connectivity index (χ0v) is 10.2. The maximum Gasteiger partial charge on any atom is 0.00998 e. The smallest absolute Gasteiger partial charge is 0.00998 e. The molecule has 84 valence electrons. The molecule has 2 N–H and O–H groups in total. The van der Waals surface area contributed by atoms with Crippen LogP contribution in [0.25, 0.3) is 0 Å². The number of nitrogens with two attached hydrogens (primary N) is 1. The Labute approximate surface area is 88.8 Å². The van der Waals surface area contributed by atoms with E-state index in [1.54, 1.807) is 0 Å². The molecule has 2 heteroatoms. The summed E-state index contributed by atoms with van der Waals surface area (Å²) in [4.78, 5) is 2.43. The van der Waals surface area contributed by atoms with Crippen LogP contribution in [0.1, 0.15) is 40.0 Å². The minimum atomic E-state index is 0.250. The van der Waals surface area contributed by atoms with Gasteiger partial charge < -0.3 is 10.6 Å². The van der Waals surface area contributed by atoms with Gasteiger partial charge in [0.2, 0.25) is 0 Å². The Hall–Kier alpha value is -0.0800. The van der Waals surface area contributed by atoms with Crippen LogP contribution >= 0.6 is 0 Å². The Bertz CT molecular complexity index is 168. The summed E-state index contributed by atoms with van der Waals surface area (Å²) in [6.07, 6.45) is 4.00. The van der Waals surface area contributed by atoms with Crippen molar-refractivity contribution < 1.29 is 0 Å². The highest BCUT2D eigenvalue weighted by molar-refractivity contribution is 4.80. The van der Waals surface area contributed by atoms with Gasteiger partial charge in [-0.15, -0.1) is 0 Å². The molecule has 1 atom stereocenters. The van der Waals surface area contributed by atoms with Gasteiger partial charge in [0.1, 0.15) is 0 Å². The summed E-state index contributed by atoms with van der Waals surface area (Å²) in [5, 5.41) is 0. The van der Waals surface area contributed by atoms with E-state index in [0.717, 1.165) is 18.9 Å². The van der Waals surface area contributed by atoms with Gasteiger partial charge in [-0.1, -0.05) is 20.8 Å². The summed E-state index contributed by atoms with van der Waals surface area (Å²) in [6, 6.07) is 0.323. The lowest BCUT2D eigenvalue weighted by Crippen LogP contribution is -2.38. The van der Waals surface area contributed by atoms with Gasteiger partial charge in [-0.3, -0.25) is 0 Å². The van der Waals surface area contributed by atoms with Crippen LogP contribution in [0.4, 0.5) is 0 Å². The van der Waals surface area contributed by atoms with E-state index in [-0.39, 0.29) is 5.41 Å². The SMILES string of the molecule is CN(CCC(N)C(C)(C)C)CC1CC1. The summed E-state index contributed by atoms with van der Waals surface area (Å²) in [7, 11) is 2.22. The zero-order chi connectivity index (χ0) is 10.8. The molecule has 0 radical (unpaired) electrons. The standard InChI is InChI=1S/C12H26N2/c1-12(2,3)11(13)7-8-14(4)9-10-5-6-10/h10-11H,5-9,13H2,1-4H3. The van der Waals surface area contributed by atoms with Crippen molar-refractivity contribution in [2.45, 2.75) is 46.1 Å². The Balaban J connectivity index is 2.11. The number of hydrogen-bond donors (Lipinski definition) is 1. The van der Waals surface area contributed by atoms with Gasteiger partial charge in [0.25, 0.3) is 0 Å². The predicted octanol–water partition coefficient (Wildman–Crippen LogP) is 2.09.